The highest BCUT2D eigenvalue weighted by molar-refractivity contribution is 6.30. The number of nitrogens with zero attached hydrogens (tertiary/aromatic N) is 1. The Bertz CT molecular complexity index is 780. The molecule has 2 rings (SSSR count). The number of carbonyl (C=O) groups excluding carboxylic acids is 1. The molecule has 0 aliphatic heterocycles. The topological polar surface area (TPSA) is 98.3 Å². The Kier molecular flexibility index (Phi) is 4.27. The van der Waals surface area contributed by atoms with Crippen LogP contribution in [-0.2, 0) is 0 Å². The molecule has 6 nitrogen and oxygen atoms in total. The number of halogens is 2. The van der Waals surface area contributed by atoms with Gasteiger partial charge in [0, 0.05) is 17.3 Å². The number of nitro benzene ring substituents is 1. The number of nitrogens with two attached hydrogens (primary N) is 1. The molecule has 2 aromatic carbocycles. The Hall–Kier alpha value is -2.67. The molecule has 22 heavy (non-hydrogen) atoms. The summed E-state index contributed by atoms with van der Waals surface area (Å²) < 4.78 is 13.3. The lowest BCUT2D eigenvalue weighted by molar-refractivity contribution is -0.383. The van der Waals surface area contributed by atoms with Gasteiger partial charge in [-0.05, 0) is 36.8 Å². The molecule has 1 amide bonds. The second-order valence-corrected chi connectivity index (χ2v) is 4.97. The minimum atomic E-state index is -0.681. The molecule has 0 bridgehead atoms. The summed E-state index contributed by atoms with van der Waals surface area (Å²) in [4.78, 5) is 22.4. The van der Waals surface area contributed by atoms with Crippen molar-refractivity contribution >= 4 is 34.6 Å². The fourth-order valence-electron chi connectivity index (χ4n) is 1.89. The van der Waals surface area contributed by atoms with Gasteiger partial charge in [0.2, 0.25) is 0 Å². The van der Waals surface area contributed by atoms with E-state index >= 15 is 0 Å². The summed E-state index contributed by atoms with van der Waals surface area (Å²) in [6.45, 7) is 1.59. The predicted molar refractivity (Wildman–Crippen MR) is 81.6 cm³/mol. The molecule has 2 aromatic rings. The van der Waals surface area contributed by atoms with E-state index in [-0.39, 0.29) is 27.6 Å². The maximum atomic E-state index is 13.3. The third-order valence-electron chi connectivity index (χ3n) is 2.99. The number of hydrogen-bond acceptors (Lipinski definition) is 4. The summed E-state index contributed by atoms with van der Waals surface area (Å²) in [6, 6.07) is 6.21. The second-order valence-electron chi connectivity index (χ2n) is 4.57. The van der Waals surface area contributed by atoms with Gasteiger partial charge in [-0.25, -0.2) is 4.39 Å². The van der Waals surface area contributed by atoms with Gasteiger partial charge in [0.1, 0.15) is 11.5 Å². The van der Waals surface area contributed by atoms with Crippen molar-refractivity contribution in [2.45, 2.75) is 6.92 Å². The first-order valence-corrected chi connectivity index (χ1v) is 6.48. The van der Waals surface area contributed by atoms with Crippen LogP contribution < -0.4 is 11.1 Å². The lowest BCUT2D eigenvalue weighted by atomic mass is 10.1. The number of nitrogen functional groups attached to an aromatic ring is 1. The smallest absolute Gasteiger partial charge is 0.292 e. The van der Waals surface area contributed by atoms with Crippen LogP contribution in [0.3, 0.4) is 0 Å². The van der Waals surface area contributed by atoms with E-state index < -0.39 is 16.6 Å². The van der Waals surface area contributed by atoms with Gasteiger partial charge < -0.3 is 11.1 Å². The third kappa shape index (κ3) is 3.15. The summed E-state index contributed by atoms with van der Waals surface area (Å²) in [6.07, 6.45) is 0. The largest absolute Gasteiger partial charge is 0.393 e. The highest BCUT2D eigenvalue weighted by Crippen LogP contribution is 2.26. The van der Waals surface area contributed by atoms with Crippen molar-refractivity contribution in [3.8, 4) is 0 Å². The summed E-state index contributed by atoms with van der Waals surface area (Å²) in [7, 11) is 0. The van der Waals surface area contributed by atoms with Crippen molar-refractivity contribution in [2.75, 3.05) is 11.1 Å². The average molecular weight is 324 g/mol. The zero-order valence-electron chi connectivity index (χ0n) is 11.4. The molecule has 8 heteroatoms. The molecule has 0 aliphatic rings. The van der Waals surface area contributed by atoms with E-state index in [9.17, 15) is 19.3 Å². The maximum absolute atomic E-state index is 13.3. The molecule has 0 atom stereocenters. The van der Waals surface area contributed by atoms with Gasteiger partial charge in [0.15, 0.2) is 0 Å². The van der Waals surface area contributed by atoms with Crippen molar-refractivity contribution < 1.29 is 14.1 Å². The number of amides is 1. The first kappa shape index (κ1) is 15.7. The highest BCUT2D eigenvalue weighted by Gasteiger charge is 2.19. The van der Waals surface area contributed by atoms with Crippen LogP contribution in [-0.4, -0.2) is 10.8 Å². The Morgan fingerprint density at radius 3 is 2.64 bits per heavy atom. The number of nitro groups is 1. The van der Waals surface area contributed by atoms with E-state index in [0.717, 1.165) is 12.1 Å². The van der Waals surface area contributed by atoms with E-state index in [4.69, 9.17) is 17.3 Å². The third-order valence-corrected chi connectivity index (χ3v) is 3.30. The van der Waals surface area contributed by atoms with Crippen molar-refractivity contribution in [3.63, 3.8) is 0 Å². The molecule has 0 radical (unpaired) electrons. The first-order valence-electron chi connectivity index (χ1n) is 6.10. The van der Waals surface area contributed by atoms with Crippen LogP contribution in [0.5, 0.6) is 0 Å². The molecule has 3 N–H and O–H groups in total. The Morgan fingerprint density at radius 2 is 2.05 bits per heavy atom. The normalized spacial score (nSPS) is 10.3. The maximum Gasteiger partial charge on any atom is 0.292 e. The first-order chi connectivity index (χ1) is 10.3. The zero-order chi connectivity index (χ0) is 16.4. The summed E-state index contributed by atoms with van der Waals surface area (Å²) in [5, 5.41) is 13.3. The standard InChI is InChI=1S/C14H11ClFN3O3/c1-7-4-12(17)13(19(21)22)6-9(7)14(20)18-8-2-3-10(15)11(16)5-8/h2-6H,17H2,1H3,(H,18,20). The van der Waals surface area contributed by atoms with Crippen LogP contribution >= 0.6 is 11.6 Å². The molecule has 0 aliphatic carbocycles. The molecule has 0 unspecified atom stereocenters. The molecule has 0 fully saturated rings. The van der Waals surface area contributed by atoms with Gasteiger partial charge in [-0.3, -0.25) is 14.9 Å². The van der Waals surface area contributed by atoms with E-state index in [1.807, 2.05) is 0 Å². The molecule has 0 saturated heterocycles. The van der Waals surface area contributed by atoms with Crippen LogP contribution in [0.1, 0.15) is 15.9 Å². The summed E-state index contributed by atoms with van der Waals surface area (Å²) in [5.41, 5.74) is 5.88. The number of aryl methyl sites for hydroxylation is 1. The number of hydrogen-bond donors (Lipinski definition) is 2. The Balaban J connectivity index is 2.35. The van der Waals surface area contributed by atoms with E-state index in [1.54, 1.807) is 6.92 Å². The number of rotatable bonds is 3. The number of carbonyl (C=O) groups is 1. The van der Waals surface area contributed by atoms with E-state index in [2.05, 4.69) is 5.32 Å². The van der Waals surface area contributed by atoms with Gasteiger partial charge in [0.25, 0.3) is 11.6 Å². The van der Waals surface area contributed by atoms with Crippen LogP contribution in [0.25, 0.3) is 0 Å². The van der Waals surface area contributed by atoms with Crippen molar-refractivity contribution in [1.29, 1.82) is 0 Å². The fraction of sp³-hybridized carbons (Fsp3) is 0.0714. The summed E-state index contributed by atoms with van der Waals surface area (Å²) >= 11 is 5.56. The van der Waals surface area contributed by atoms with Crippen molar-refractivity contribution in [2.24, 2.45) is 0 Å². The second kappa shape index (κ2) is 5.98. The van der Waals surface area contributed by atoms with Gasteiger partial charge in [-0.15, -0.1) is 0 Å². The predicted octanol–water partition coefficient (Wildman–Crippen LogP) is 3.53. The molecule has 114 valence electrons. The molecule has 0 aromatic heterocycles. The average Bonchev–Trinajstić information content (AvgIpc) is 2.42. The van der Waals surface area contributed by atoms with Gasteiger partial charge in [-0.2, -0.15) is 0 Å². The molecule has 0 spiro atoms. The number of benzene rings is 2. The van der Waals surface area contributed by atoms with Crippen LogP contribution in [0.15, 0.2) is 30.3 Å². The lowest BCUT2D eigenvalue weighted by Gasteiger charge is -2.09. The van der Waals surface area contributed by atoms with Gasteiger partial charge in [0.05, 0.1) is 9.95 Å². The van der Waals surface area contributed by atoms with Gasteiger partial charge >= 0.3 is 0 Å². The van der Waals surface area contributed by atoms with Crippen molar-refractivity contribution in [1.82, 2.24) is 0 Å². The van der Waals surface area contributed by atoms with E-state index in [1.165, 1.54) is 18.2 Å². The van der Waals surface area contributed by atoms with E-state index in [0.29, 0.717) is 5.56 Å². The van der Waals surface area contributed by atoms with Crippen LogP contribution in [0.2, 0.25) is 5.02 Å². The SMILES string of the molecule is Cc1cc(N)c([N+](=O)[O-])cc1C(=O)Nc1ccc(Cl)c(F)c1. The lowest BCUT2D eigenvalue weighted by Crippen LogP contribution is -2.14. The number of nitrogens with one attached hydrogen (secondary N) is 1. The monoisotopic (exact) mass is 323 g/mol. The highest BCUT2D eigenvalue weighted by atomic mass is 35.5. The Morgan fingerprint density at radius 1 is 1.36 bits per heavy atom. The van der Waals surface area contributed by atoms with Crippen LogP contribution in [0.4, 0.5) is 21.5 Å². The fourth-order valence-corrected chi connectivity index (χ4v) is 2.01. The number of anilines is 2. The molecule has 0 heterocycles. The minimum Gasteiger partial charge on any atom is -0.393 e. The Labute approximate surface area is 129 Å². The molecular formula is C14H11ClFN3O3. The molecule has 0 saturated carbocycles. The summed E-state index contributed by atoms with van der Waals surface area (Å²) in [5.74, 6) is -1.29. The minimum absolute atomic E-state index is 0.0309. The molecular weight excluding hydrogens is 313 g/mol. The van der Waals surface area contributed by atoms with Crippen molar-refractivity contribution in [3.05, 3.63) is 62.4 Å². The quantitative estimate of drug-likeness (QED) is 0.513. The van der Waals surface area contributed by atoms with Gasteiger partial charge in [-0.1, -0.05) is 11.6 Å². The van der Waals surface area contributed by atoms with Crippen LogP contribution in [0, 0.1) is 22.9 Å². The zero-order valence-corrected chi connectivity index (χ0v) is 12.1.